The SMILES string of the molecule is CCC(=O)CONC1CC/C=C/CC(C)OC(=O)c2c(O)cc(O)c(Cl)c2C/C(=N/OCC(=O)OC)C1. The number of cyclic esters (lactones) is 1. The zero-order chi connectivity index (χ0) is 27.4. The first-order chi connectivity index (χ1) is 17.7. The van der Waals surface area contributed by atoms with Crippen LogP contribution >= 0.6 is 11.6 Å². The van der Waals surface area contributed by atoms with Crippen molar-refractivity contribution < 1.29 is 43.7 Å². The minimum atomic E-state index is -0.821. The molecule has 0 fully saturated rings. The molecule has 2 atom stereocenters. The summed E-state index contributed by atoms with van der Waals surface area (Å²) in [5.74, 6) is -2.50. The van der Waals surface area contributed by atoms with E-state index in [1.807, 2.05) is 12.2 Å². The lowest BCUT2D eigenvalue weighted by Crippen LogP contribution is -2.34. The van der Waals surface area contributed by atoms with Crippen LogP contribution in [0.3, 0.4) is 0 Å². The standard InChI is InChI=1S/C25H33ClN2O9/c1-4-18(29)13-35-27-16-9-7-5-6-8-15(2)37-25(33)23-19(24(26)21(31)12-20(23)30)11-17(10-16)28-36-14-22(32)34-3/h5-6,12,15-16,27,30-31H,4,7-11,13-14H2,1-3H3/b6-5+,28-17+. The van der Waals surface area contributed by atoms with Crippen molar-refractivity contribution in [2.24, 2.45) is 5.16 Å². The molecule has 0 saturated carbocycles. The monoisotopic (exact) mass is 540 g/mol. The van der Waals surface area contributed by atoms with Gasteiger partial charge in [-0.05, 0) is 25.3 Å². The van der Waals surface area contributed by atoms with Crippen LogP contribution in [0, 0.1) is 0 Å². The molecule has 1 heterocycles. The van der Waals surface area contributed by atoms with E-state index in [1.54, 1.807) is 13.8 Å². The molecular weight excluding hydrogens is 508 g/mol. The molecule has 12 heteroatoms. The van der Waals surface area contributed by atoms with Crippen molar-refractivity contribution in [2.75, 3.05) is 20.3 Å². The molecule has 1 aliphatic heterocycles. The smallest absolute Gasteiger partial charge is 0.346 e. The van der Waals surface area contributed by atoms with Gasteiger partial charge in [-0.1, -0.05) is 35.8 Å². The number of allylic oxidation sites excluding steroid dienone is 1. The highest BCUT2D eigenvalue weighted by Crippen LogP contribution is 2.37. The van der Waals surface area contributed by atoms with Crippen molar-refractivity contribution >= 4 is 35.0 Å². The van der Waals surface area contributed by atoms with Gasteiger partial charge in [0.2, 0.25) is 6.61 Å². The summed E-state index contributed by atoms with van der Waals surface area (Å²) in [5, 5.41) is 24.6. The summed E-state index contributed by atoms with van der Waals surface area (Å²) in [6.07, 6.45) is 5.36. The Morgan fingerprint density at radius 2 is 2.00 bits per heavy atom. The average molecular weight is 541 g/mol. The number of esters is 2. The van der Waals surface area contributed by atoms with E-state index in [0.717, 1.165) is 6.07 Å². The molecule has 37 heavy (non-hydrogen) atoms. The highest BCUT2D eigenvalue weighted by molar-refractivity contribution is 6.33. The van der Waals surface area contributed by atoms with Gasteiger partial charge in [-0.25, -0.2) is 9.59 Å². The zero-order valence-electron chi connectivity index (χ0n) is 21.1. The quantitative estimate of drug-likeness (QED) is 0.254. The van der Waals surface area contributed by atoms with Gasteiger partial charge in [0.15, 0.2) is 5.78 Å². The predicted octanol–water partition coefficient (Wildman–Crippen LogP) is 3.38. The summed E-state index contributed by atoms with van der Waals surface area (Å²) in [4.78, 5) is 46.7. The topological polar surface area (TPSA) is 153 Å². The summed E-state index contributed by atoms with van der Waals surface area (Å²) >= 11 is 6.35. The maximum atomic E-state index is 13.0. The fourth-order valence-corrected chi connectivity index (χ4v) is 3.70. The molecule has 2 unspecified atom stereocenters. The Bertz CT molecular complexity index is 1030. The molecule has 1 aromatic rings. The highest BCUT2D eigenvalue weighted by atomic mass is 35.5. The maximum absolute atomic E-state index is 13.0. The van der Waals surface area contributed by atoms with Gasteiger partial charge in [0.25, 0.3) is 0 Å². The number of oxime groups is 1. The molecule has 0 aromatic heterocycles. The molecule has 2 rings (SSSR count). The van der Waals surface area contributed by atoms with E-state index in [4.69, 9.17) is 26.0 Å². The van der Waals surface area contributed by atoms with Crippen molar-refractivity contribution in [3.63, 3.8) is 0 Å². The van der Waals surface area contributed by atoms with E-state index < -0.39 is 36.1 Å². The molecule has 0 bridgehead atoms. The number of carbonyl (C=O) groups excluding carboxylic acids is 3. The number of methoxy groups -OCH3 is 1. The van der Waals surface area contributed by atoms with Crippen LogP contribution in [0.15, 0.2) is 23.4 Å². The van der Waals surface area contributed by atoms with Crippen LogP contribution in [0.5, 0.6) is 11.5 Å². The van der Waals surface area contributed by atoms with Gasteiger partial charge in [-0.3, -0.25) is 9.63 Å². The number of ether oxygens (including phenoxy) is 2. The molecule has 0 radical (unpaired) electrons. The minimum Gasteiger partial charge on any atom is -0.507 e. The third-order valence-electron chi connectivity index (χ3n) is 5.49. The number of halogens is 1. The van der Waals surface area contributed by atoms with Crippen molar-refractivity contribution in [2.45, 2.75) is 64.5 Å². The summed E-state index contributed by atoms with van der Waals surface area (Å²) < 4.78 is 10.0. The summed E-state index contributed by atoms with van der Waals surface area (Å²) in [6.45, 7) is 2.87. The third kappa shape index (κ3) is 9.67. The summed E-state index contributed by atoms with van der Waals surface area (Å²) in [7, 11) is 1.21. The Labute approximate surface area is 220 Å². The largest absolute Gasteiger partial charge is 0.507 e. The van der Waals surface area contributed by atoms with Crippen LogP contribution in [0.25, 0.3) is 0 Å². The zero-order valence-corrected chi connectivity index (χ0v) is 21.9. The number of phenolic OH excluding ortho intramolecular Hbond substituents is 2. The van der Waals surface area contributed by atoms with Crippen molar-refractivity contribution in [1.29, 1.82) is 0 Å². The fourth-order valence-electron chi connectivity index (χ4n) is 3.48. The number of ketones is 1. The molecule has 0 saturated heterocycles. The number of benzene rings is 1. The molecule has 1 aliphatic rings. The lowest BCUT2D eigenvalue weighted by Gasteiger charge is -2.21. The molecule has 0 spiro atoms. The molecule has 0 aliphatic carbocycles. The number of rotatable bonds is 8. The van der Waals surface area contributed by atoms with Crippen molar-refractivity contribution in [1.82, 2.24) is 5.48 Å². The second-order valence-electron chi connectivity index (χ2n) is 8.47. The van der Waals surface area contributed by atoms with Crippen molar-refractivity contribution in [3.8, 4) is 11.5 Å². The number of Topliss-reactive ketones (excluding diaryl/α,β-unsaturated/α-hetero) is 1. The number of nitrogens with zero attached hydrogens (tertiary/aromatic N) is 1. The molecular formula is C25H33ClN2O9. The number of hydrogen-bond donors (Lipinski definition) is 3. The second kappa shape index (κ2) is 15.2. The van der Waals surface area contributed by atoms with Gasteiger partial charge in [-0.15, -0.1) is 0 Å². The van der Waals surface area contributed by atoms with Gasteiger partial charge in [0.1, 0.15) is 29.8 Å². The Hall–Kier alpha value is -3.15. The van der Waals surface area contributed by atoms with E-state index in [1.165, 1.54) is 7.11 Å². The van der Waals surface area contributed by atoms with Gasteiger partial charge < -0.3 is 24.5 Å². The first kappa shape index (κ1) is 30.1. The Morgan fingerprint density at radius 3 is 2.70 bits per heavy atom. The van der Waals surface area contributed by atoms with E-state index in [-0.39, 0.29) is 47.4 Å². The van der Waals surface area contributed by atoms with Gasteiger partial charge >= 0.3 is 11.9 Å². The van der Waals surface area contributed by atoms with E-state index >= 15 is 0 Å². The summed E-state index contributed by atoms with van der Waals surface area (Å²) in [6, 6.07) is 0.610. The number of phenols is 2. The van der Waals surface area contributed by atoms with Gasteiger partial charge in [0.05, 0.1) is 17.8 Å². The van der Waals surface area contributed by atoms with Crippen molar-refractivity contribution in [3.05, 3.63) is 34.4 Å². The molecule has 204 valence electrons. The average Bonchev–Trinajstić information content (AvgIpc) is 2.85. The highest BCUT2D eigenvalue weighted by Gasteiger charge is 2.27. The summed E-state index contributed by atoms with van der Waals surface area (Å²) in [5.41, 5.74) is 3.04. The van der Waals surface area contributed by atoms with Gasteiger partial charge in [0, 0.05) is 37.8 Å². The van der Waals surface area contributed by atoms with Crippen LogP contribution < -0.4 is 5.48 Å². The second-order valence-corrected chi connectivity index (χ2v) is 8.84. The fraction of sp³-hybridized carbons (Fsp3) is 0.520. The Morgan fingerprint density at radius 1 is 1.24 bits per heavy atom. The van der Waals surface area contributed by atoms with Gasteiger partial charge in [-0.2, -0.15) is 5.48 Å². The van der Waals surface area contributed by atoms with Crippen LogP contribution in [0.1, 0.15) is 61.9 Å². The number of hydroxylamine groups is 1. The van der Waals surface area contributed by atoms with Crippen LogP contribution in [0.4, 0.5) is 0 Å². The molecule has 11 nitrogen and oxygen atoms in total. The van der Waals surface area contributed by atoms with E-state index in [0.29, 0.717) is 31.4 Å². The van der Waals surface area contributed by atoms with E-state index in [2.05, 4.69) is 15.4 Å². The van der Waals surface area contributed by atoms with Crippen LogP contribution in [-0.2, 0) is 35.2 Å². The number of carbonyl (C=O) groups is 3. The molecule has 0 amide bonds. The number of fused-ring (bicyclic) bond motifs is 1. The lowest BCUT2D eigenvalue weighted by molar-refractivity contribution is -0.145. The Kier molecular flexibility index (Phi) is 12.3. The Balaban J connectivity index is 2.48. The molecule has 3 N–H and O–H groups in total. The third-order valence-corrected chi connectivity index (χ3v) is 5.92. The minimum absolute atomic E-state index is 0.0743. The normalized spacial score (nSPS) is 20.9. The predicted molar refractivity (Wildman–Crippen MR) is 135 cm³/mol. The first-order valence-corrected chi connectivity index (χ1v) is 12.3. The first-order valence-electron chi connectivity index (χ1n) is 11.9. The van der Waals surface area contributed by atoms with E-state index in [9.17, 15) is 24.6 Å². The van der Waals surface area contributed by atoms with Crippen LogP contribution in [-0.4, -0.2) is 66.1 Å². The number of aromatic hydroxyl groups is 2. The lowest BCUT2D eigenvalue weighted by atomic mass is 9.95. The number of nitrogens with one attached hydrogen (secondary N) is 1. The molecule has 1 aromatic carbocycles. The maximum Gasteiger partial charge on any atom is 0.346 e. The van der Waals surface area contributed by atoms with Crippen LogP contribution in [0.2, 0.25) is 5.02 Å². The number of hydrogen-bond acceptors (Lipinski definition) is 11.